The Labute approximate surface area is 81.8 Å². The van der Waals surface area contributed by atoms with Gasteiger partial charge >= 0.3 is 0 Å². The molecule has 0 aromatic heterocycles. The van der Waals surface area contributed by atoms with Crippen LogP contribution in [-0.4, -0.2) is 11.4 Å². The molecule has 70 valence electrons. The van der Waals surface area contributed by atoms with Crippen molar-refractivity contribution in [3.63, 3.8) is 0 Å². The van der Waals surface area contributed by atoms with Crippen molar-refractivity contribution >= 4 is 17.1 Å². The molecule has 0 amide bonds. The Kier molecular flexibility index (Phi) is 2.29. The van der Waals surface area contributed by atoms with Gasteiger partial charge in [0.15, 0.2) is 6.29 Å². The summed E-state index contributed by atoms with van der Waals surface area (Å²) in [4.78, 5) is 10.8. The Morgan fingerprint density at radius 3 is 2.50 bits per heavy atom. The molecule has 2 aromatic rings. The zero-order chi connectivity index (χ0) is 9.97. The number of aliphatic hydroxyl groups is 1. The van der Waals surface area contributed by atoms with Crippen LogP contribution in [0.5, 0.6) is 0 Å². The molecule has 1 N–H and O–H groups in total. The lowest BCUT2D eigenvalue weighted by molar-refractivity contribution is 0.112. The highest BCUT2D eigenvalue weighted by atomic mass is 16.3. The first-order chi connectivity index (χ1) is 6.86. The number of aliphatic hydroxyl groups excluding tert-OH is 1. The van der Waals surface area contributed by atoms with Gasteiger partial charge in [-0.25, -0.2) is 0 Å². The van der Waals surface area contributed by atoms with E-state index in [1.165, 1.54) is 0 Å². The Hall–Kier alpha value is -1.67. The molecule has 2 nitrogen and oxygen atoms in total. The van der Waals surface area contributed by atoms with E-state index in [4.69, 9.17) is 5.11 Å². The smallest absolute Gasteiger partial charge is 0.150 e. The normalized spacial score (nSPS) is 10.4. The topological polar surface area (TPSA) is 37.3 Å². The van der Waals surface area contributed by atoms with Crippen LogP contribution in [0.4, 0.5) is 0 Å². The first-order valence-corrected chi connectivity index (χ1v) is 4.43. The molecule has 0 spiro atoms. The second kappa shape index (κ2) is 3.60. The van der Waals surface area contributed by atoms with Gasteiger partial charge in [-0.1, -0.05) is 36.4 Å². The number of carbonyl (C=O) groups excluding carboxylic acids is 1. The summed E-state index contributed by atoms with van der Waals surface area (Å²) in [7, 11) is 0. The largest absolute Gasteiger partial charge is 0.392 e. The molecule has 0 aliphatic rings. The Bertz CT molecular complexity index is 475. The molecule has 0 heterocycles. The van der Waals surface area contributed by atoms with E-state index in [0.717, 1.165) is 22.6 Å². The van der Waals surface area contributed by atoms with Crippen molar-refractivity contribution in [1.29, 1.82) is 0 Å². The fraction of sp³-hybridized carbons (Fsp3) is 0.0833. The molecular formula is C12H10O2. The van der Waals surface area contributed by atoms with E-state index in [9.17, 15) is 4.79 Å². The third-order valence-electron chi connectivity index (χ3n) is 2.34. The third-order valence-corrected chi connectivity index (χ3v) is 2.34. The van der Waals surface area contributed by atoms with E-state index in [0.29, 0.717) is 5.56 Å². The van der Waals surface area contributed by atoms with E-state index < -0.39 is 0 Å². The maximum atomic E-state index is 10.8. The second-order valence-corrected chi connectivity index (χ2v) is 3.14. The predicted molar refractivity (Wildman–Crippen MR) is 55.3 cm³/mol. The minimum atomic E-state index is -0.000347. The van der Waals surface area contributed by atoms with Gasteiger partial charge in [0.05, 0.1) is 6.61 Å². The monoisotopic (exact) mass is 186 g/mol. The lowest BCUT2D eigenvalue weighted by atomic mass is 10.0. The minimum absolute atomic E-state index is 0.000347. The molecule has 0 aliphatic heterocycles. The SMILES string of the molecule is O=Cc1cccc2c(CO)cccc12. The minimum Gasteiger partial charge on any atom is -0.392 e. The molecule has 0 saturated carbocycles. The molecule has 2 rings (SSSR count). The van der Waals surface area contributed by atoms with Gasteiger partial charge in [-0.3, -0.25) is 4.79 Å². The van der Waals surface area contributed by atoms with Gasteiger partial charge in [0, 0.05) is 5.56 Å². The van der Waals surface area contributed by atoms with Crippen molar-refractivity contribution in [2.45, 2.75) is 6.61 Å². The van der Waals surface area contributed by atoms with Gasteiger partial charge in [0.2, 0.25) is 0 Å². The fourth-order valence-corrected chi connectivity index (χ4v) is 1.64. The summed E-state index contributed by atoms with van der Waals surface area (Å²) < 4.78 is 0. The first kappa shape index (κ1) is 8.91. The molecule has 0 bridgehead atoms. The standard InChI is InChI=1S/C12H10O2/c13-7-9-3-1-5-11-10(8-14)4-2-6-12(9)11/h1-7,14H,8H2. The number of hydrogen-bond donors (Lipinski definition) is 1. The van der Waals surface area contributed by atoms with Crippen LogP contribution in [0.2, 0.25) is 0 Å². The quantitative estimate of drug-likeness (QED) is 0.729. The number of benzene rings is 2. The molecule has 0 unspecified atom stereocenters. The predicted octanol–water partition coefficient (Wildman–Crippen LogP) is 2.14. The average Bonchev–Trinajstić information content (AvgIpc) is 2.27. The van der Waals surface area contributed by atoms with Gasteiger partial charge in [0.25, 0.3) is 0 Å². The number of rotatable bonds is 2. The maximum Gasteiger partial charge on any atom is 0.150 e. The Morgan fingerprint density at radius 2 is 1.79 bits per heavy atom. The summed E-state index contributed by atoms with van der Waals surface area (Å²) >= 11 is 0. The van der Waals surface area contributed by atoms with Gasteiger partial charge < -0.3 is 5.11 Å². The molecule has 14 heavy (non-hydrogen) atoms. The summed E-state index contributed by atoms with van der Waals surface area (Å²) in [6.07, 6.45) is 0.837. The maximum absolute atomic E-state index is 10.8. The van der Waals surface area contributed by atoms with E-state index in [1.807, 2.05) is 30.3 Å². The summed E-state index contributed by atoms with van der Waals surface area (Å²) in [5, 5.41) is 11.0. The number of aldehydes is 1. The Morgan fingerprint density at radius 1 is 1.07 bits per heavy atom. The van der Waals surface area contributed by atoms with Crippen molar-refractivity contribution < 1.29 is 9.90 Å². The van der Waals surface area contributed by atoms with Crippen LogP contribution in [0.3, 0.4) is 0 Å². The molecule has 2 heteroatoms. The summed E-state index contributed by atoms with van der Waals surface area (Å²) in [5.74, 6) is 0. The van der Waals surface area contributed by atoms with Crippen LogP contribution >= 0.6 is 0 Å². The lowest BCUT2D eigenvalue weighted by Gasteiger charge is -2.04. The zero-order valence-corrected chi connectivity index (χ0v) is 7.60. The molecule has 0 fully saturated rings. The van der Waals surface area contributed by atoms with Crippen molar-refractivity contribution in [2.75, 3.05) is 0 Å². The summed E-state index contributed by atoms with van der Waals surface area (Å²) in [6.45, 7) is -0.000347. The van der Waals surface area contributed by atoms with Crippen LogP contribution in [0.1, 0.15) is 15.9 Å². The van der Waals surface area contributed by atoms with Crippen molar-refractivity contribution in [3.05, 3.63) is 47.5 Å². The summed E-state index contributed by atoms with van der Waals surface area (Å²) in [6, 6.07) is 11.1. The molecule has 2 aromatic carbocycles. The second-order valence-electron chi connectivity index (χ2n) is 3.14. The van der Waals surface area contributed by atoms with Crippen LogP contribution in [-0.2, 0) is 6.61 Å². The first-order valence-electron chi connectivity index (χ1n) is 4.43. The molecule has 0 atom stereocenters. The highest BCUT2D eigenvalue weighted by Crippen LogP contribution is 2.21. The van der Waals surface area contributed by atoms with Gasteiger partial charge in [-0.15, -0.1) is 0 Å². The lowest BCUT2D eigenvalue weighted by Crippen LogP contribution is -1.88. The van der Waals surface area contributed by atoms with E-state index in [2.05, 4.69) is 0 Å². The number of carbonyl (C=O) groups is 1. The third kappa shape index (κ3) is 1.30. The molecule has 0 radical (unpaired) electrons. The molecule has 0 saturated heterocycles. The van der Waals surface area contributed by atoms with Gasteiger partial charge in [-0.2, -0.15) is 0 Å². The van der Waals surface area contributed by atoms with Crippen molar-refractivity contribution in [1.82, 2.24) is 0 Å². The number of fused-ring (bicyclic) bond motifs is 1. The number of hydrogen-bond acceptors (Lipinski definition) is 2. The van der Waals surface area contributed by atoms with Crippen LogP contribution in [0.25, 0.3) is 10.8 Å². The highest BCUT2D eigenvalue weighted by Gasteiger charge is 2.02. The average molecular weight is 186 g/mol. The van der Waals surface area contributed by atoms with Crippen molar-refractivity contribution in [2.24, 2.45) is 0 Å². The summed E-state index contributed by atoms with van der Waals surface area (Å²) in [5.41, 5.74) is 1.52. The molecular weight excluding hydrogens is 176 g/mol. The van der Waals surface area contributed by atoms with Gasteiger partial charge in [0.1, 0.15) is 0 Å². The van der Waals surface area contributed by atoms with Crippen LogP contribution in [0, 0.1) is 0 Å². The van der Waals surface area contributed by atoms with Crippen LogP contribution in [0.15, 0.2) is 36.4 Å². The van der Waals surface area contributed by atoms with Crippen LogP contribution < -0.4 is 0 Å². The van der Waals surface area contributed by atoms with E-state index >= 15 is 0 Å². The van der Waals surface area contributed by atoms with E-state index in [-0.39, 0.29) is 6.61 Å². The van der Waals surface area contributed by atoms with E-state index in [1.54, 1.807) is 6.07 Å². The molecule has 0 aliphatic carbocycles. The fourth-order valence-electron chi connectivity index (χ4n) is 1.64. The highest BCUT2D eigenvalue weighted by molar-refractivity contribution is 5.99. The Balaban J connectivity index is 2.84. The zero-order valence-electron chi connectivity index (χ0n) is 7.60. The van der Waals surface area contributed by atoms with Crippen molar-refractivity contribution in [3.8, 4) is 0 Å². The van der Waals surface area contributed by atoms with Gasteiger partial charge in [-0.05, 0) is 16.3 Å².